The van der Waals surface area contributed by atoms with Crippen LogP contribution in [-0.2, 0) is 14.3 Å². The molecule has 2 aromatic rings. The average Bonchev–Trinajstić information content (AvgIpc) is 2.68. The molecule has 0 unspecified atom stereocenters. The lowest BCUT2D eigenvalue weighted by molar-refractivity contribution is -0.148. The van der Waals surface area contributed by atoms with Crippen LogP contribution in [0.25, 0.3) is 0 Å². The fourth-order valence-electron chi connectivity index (χ4n) is 2.12. The zero-order valence-electron chi connectivity index (χ0n) is 15.4. The lowest BCUT2D eigenvalue weighted by Gasteiger charge is -2.14. The Morgan fingerprint density at radius 2 is 1.55 bits per heavy atom. The number of rotatable bonds is 8. The van der Waals surface area contributed by atoms with Crippen LogP contribution in [0.1, 0.15) is 6.92 Å². The zero-order chi connectivity index (χ0) is 21.2. The smallest absolute Gasteiger partial charge is 0.387 e. The third-order valence-corrected chi connectivity index (χ3v) is 3.44. The molecular formula is C19H19F2N3O5. The van der Waals surface area contributed by atoms with Gasteiger partial charge in [-0.05, 0) is 43.3 Å². The van der Waals surface area contributed by atoms with E-state index in [2.05, 4.69) is 20.7 Å². The molecule has 2 rings (SSSR count). The van der Waals surface area contributed by atoms with Crippen molar-refractivity contribution in [2.45, 2.75) is 19.6 Å². The van der Waals surface area contributed by atoms with E-state index in [9.17, 15) is 23.2 Å². The van der Waals surface area contributed by atoms with Gasteiger partial charge in [0.2, 0.25) is 0 Å². The number of esters is 1. The molecule has 0 aliphatic rings. The second-order valence-electron chi connectivity index (χ2n) is 5.74. The second kappa shape index (κ2) is 10.6. The molecule has 0 aliphatic heterocycles. The molecule has 0 bridgehead atoms. The van der Waals surface area contributed by atoms with E-state index in [1.807, 2.05) is 0 Å². The van der Waals surface area contributed by atoms with Crippen molar-refractivity contribution in [3.63, 3.8) is 0 Å². The highest BCUT2D eigenvalue weighted by Gasteiger charge is 2.18. The lowest BCUT2D eigenvalue weighted by Crippen LogP contribution is -2.42. The van der Waals surface area contributed by atoms with Crippen molar-refractivity contribution in [1.82, 2.24) is 5.32 Å². The number of urea groups is 1. The summed E-state index contributed by atoms with van der Waals surface area (Å²) in [4.78, 5) is 35.6. The van der Waals surface area contributed by atoms with Crippen LogP contribution < -0.4 is 20.7 Å². The first-order chi connectivity index (χ1) is 13.8. The zero-order valence-corrected chi connectivity index (χ0v) is 15.4. The Balaban J connectivity index is 1.73. The van der Waals surface area contributed by atoms with Gasteiger partial charge in [0.1, 0.15) is 11.8 Å². The molecule has 8 nitrogen and oxygen atoms in total. The van der Waals surface area contributed by atoms with E-state index >= 15 is 0 Å². The van der Waals surface area contributed by atoms with Crippen molar-refractivity contribution >= 4 is 29.3 Å². The summed E-state index contributed by atoms with van der Waals surface area (Å²) in [5.41, 5.74) is 0.857. The van der Waals surface area contributed by atoms with Crippen LogP contribution in [-0.4, -0.2) is 37.2 Å². The molecule has 0 radical (unpaired) electrons. The predicted molar refractivity (Wildman–Crippen MR) is 101 cm³/mol. The number of ether oxygens (including phenoxy) is 2. The maximum atomic E-state index is 12.1. The van der Waals surface area contributed by atoms with E-state index < -0.39 is 37.2 Å². The van der Waals surface area contributed by atoms with Crippen molar-refractivity contribution < 1.29 is 32.6 Å². The van der Waals surface area contributed by atoms with Gasteiger partial charge in [0.25, 0.3) is 5.91 Å². The molecule has 2 aromatic carbocycles. The summed E-state index contributed by atoms with van der Waals surface area (Å²) in [5.74, 6) is -1.50. The van der Waals surface area contributed by atoms with Gasteiger partial charge < -0.3 is 25.4 Å². The third-order valence-electron chi connectivity index (χ3n) is 3.44. The monoisotopic (exact) mass is 407 g/mol. The number of halogens is 2. The highest BCUT2D eigenvalue weighted by Crippen LogP contribution is 2.17. The summed E-state index contributed by atoms with van der Waals surface area (Å²) in [5, 5.41) is 7.37. The maximum Gasteiger partial charge on any atom is 0.387 e. The molecule has 10 heteroatoms. The van der Waals surface area contributed by atoms with Crippen LogP contribution in [0.15, 0.2) is 54.6 Å². The maximum absolute atomic E-state index is 12.1. The lowest BCUT2D eigenvalue weighted by atomic mass is 10.3. The Bertz CT molecular complexity index is 831. The Morgan fingerprint density at radius 3 is 2.17 bits per heavy atom. The van der Waals surface area contributed by atoms with Crippen molar-refractivity contribution in [3.05, 3.63) is 54.6 Å². The number of alkyl halides is 2. The minimum atomic E-state index is -2.94. The molecule has 29 heavy (non-hydrogen) atoms. The number of hydrogen-bond donors (Lipinski definition) is 3. The number of hydrogen-bond acceptors (Lipinski definition) is 5. The topological polar surface area (TPSA) is 106 Å². The predicted octanol–water partition coefficient (Wildman–Crippen LogP) is 2.98. The van der Waals surface area contributed by atoms with Crippen molar-refractivity contribution in [3.8, 4) is 5.75 Å². The largest absolute Gasteiger partial charge is 0.454 e. The fraction of sp³-hybridized carbons (Fsp3) is 0.211. The molecule has 0 fully saturated rings. The molecular weight excluding hydrogens is 388 g/mol. The fourth-order valence-corrected chi connectivity index (χ4v) is 2.12. The summed E-state index contributed by atoms with van der Waals surface area (Å²) < 4.78 is 33.2. The van der Waals surface area contributed by atoms with Crippen LogP contribution in [0.4, 0.5) is 25.0 Å². The molecule has 0 spiro atoms. The number of amides is 3. The standard InChI is InChI=1S/C19H19F2N3O5/c1-12(22-19(27)24-13-5-3-2-4-6-13)17(26)28-11-16(25)23-14-7-9-15(10-8-14)29-18(20)21/h2-10,12,18H,11H2,1H3,(H,23,25)(H2,22,24,27)/t12-/m0/s1. The molecule has 0 aliphatic carbocycles. The molecule has 3 amide bonds. The highest BCUT2D eigenvalue weighted by molar-refractivity contribution is 5.94. The Hall–Kier alpha value is -3.69. The van der Waals surface area contributed by atoms with Gasteiger partial charge in [-0.25, -0.2) is 9.59 Å². The normalized spacial score (nSPS) is 11.3. The number of carbonyl (C=O) groups excluding carboxylic acids is 3. The highest BCUT2D eigenvalue weighted by atomic mass is 19.3. The number of carbonyl (C=O) groups is 3. The molecule has 0 saturated heterocycles. The van der Waals surface area contributed by atoms with Gasteiger partial charge in [0.05, 0.1) is 0 Å². The summed E-state index contributed by atoms with van der Waals surface area (Å²) in [6.45, 7) is -2.12. The van der Waals surface area contributed by atoms with Gasteiger partial charge in [0, 0.05) is 11.4 Å². The van der Waals surface area contributed by atoms with Gasteiger partial charge in [-0.2, -0.15) is 8.78 Å². The summed E-state index contributed by atoms with van der Waals surface area (Å²) in [6, 6.07) is 12.3. The molecule has 0 saturated carbocycles. The van der Waals surface area contributed by atoms with Gasteiger partial charge >= 0.3 is 18.6 Å². The van der Waals surface area contributed by atoms with Gasteiger partial charge in [-0.3, -0.25) is 4.79 Å². The van der Waals surface area contributed by atoms with Crippen LogP contribution in [0.5, 0.6) is 5.75 Å². The summed E-state index contributed by atoms with van der Waals surface area (Å²) >= 11 is 0. The molecule has 0 heterocycles. The van der Waals surface area contributed by atoms with Crippen molar-refractivity contribution in [2.24, 2.45) is 0 Å². The summed E-state index contributed by atoms with van der Waals surface area (Å²) in [6.07, 6.45) is 0. The number of para-hydroxylation sites is 1. The van der Waals surface area contributed by atoms with E-state index in [1.54, 1.807) is 30.3 Å². The van der Waals surface area contributed by atoms with E-state index in [-0.39, 0.29) is 5.75 Å². The first kappa shape index (κ1) is 21.6. The quantitative estimate of drug-likeness (QED) is 0.584. The summed E-state index contributed by atoms with van der Waals surface area (Å²) in [7, 11) is 0. The van der Waals surface area contributed by atoms with Crippen LogP contribution in [0.2, 0.25) is 0 Å². The van der Waals surface area contributed by atoms with E-state index in [0.717, 1.165) is 0 Å². The minimum Gasteiger partial charge on any atom is -0.454 e. The minimum absolute atomic E-state index is 0.0573. The van der Waals surface area contributed by atoms with Gasteiger partial charge in [-0.15, -0.1) is 0 Å². The van der Waals surface area contributed by atoms with Gasteiger partial charge in [0.15, 0.2) is 6.61 Å². The Labute approximate surface area is 165 Å². The van der Waals surface area contributed by atoms with Crippen molar-refractivity contribution in [1.29, 1.82) is 0 Å². The van der Waals surface area contributed by atoms with E-state index in [4.69, 9.17) is 4.74 Å². The van der Waals surface area contributed by atoms with Crippen LogP contribution in [0, 0.1) is 0 Å². The second-order valence-corrected chi connectivity index (χ2v) is 5.74. The number of benzene rings is 2. The first-order valence-electron chi connectivity index (χ1n) is 8.47. The Kier molecular flexibility index (Phi) is 7.89. The average molecular weight is 407 g/mol. The van der Waals surface area contributed by atoms with E-state index in [1.165, 1.54) is 31.2 Å². The van der Waals surface area contributed by atoms with Crippen molar-refractivity contribution in [2.75, 3.05) is 17.2 Å². The van der Waals surface area contributed by atoms with Crippen LogP contribution >= 0.6 is 0 Å². The number of anilines is 2. The van der Waals surface area contributed by atoms with Crippen LogP contribution in [0.3, 0.4) is 0 Å². The molecule has 1 atom stereocenters. The number of nitrogens with one attached hydrogen (secondary N) is 3. The SMILES string of the molecule is C[C@H](NC(=O)Nc1ccccc1)C(=O)OCC(=O)Nc1ccc(OC(F)F)cc1. The third kappa shape index (κ3) is 7.83. The molecule has 0 aromatic heterocycles. The van der Waals surface area contributed by atoms with E-state index in [0.29, 0.717) is 11.4 Å². The Morgan fingerprint density at radius 1 is 0.931 bits per heavy atom. The molecule has 3 N–H and O–H groups in total. The van der Waals surface area contributed by atoms with Gasteiger partial charge in [-0.1, -0.05) is 18.2 Å². The first-order valence-corrected chi connectivity index (χ1v) is 8.47. The molecule has 154 valence electrons.